The lowest BCUT2D eigenvalue weighted by Gasteiger charge is -2.23. The largest absolute Gasteiger partial charge is 0.467 e. The van der Waals surface area contributed by atoms with E-state index in [0.717, 1.165) is 0 Å². The summed E-state index contributed by atoms with van der Waals surface area (Å²) >= 11 is 0. The summed E-state index contributed by atoms with van der Waals surface area (Å²) in [5.41, 5.74) is 0. The van der Waals surface area contributed by atoms with Crippen molar-refractivity contribution < 1.29 is 33.4 Å². The number of amides is 1. The Morgan fingerprint density at radius 1 is 1.19 bits per heavy atom. The molecule has 2 aliphatic heterocycles. The summed E-state index contributed by atoms with van der Waals surface area (Å²) in [4.78, 5) is 47.3. The van der Waals surface area contributed by atoms with Crippen LogP contribution in [0.5, 0.6) is 0 Å². The van der Waals surface area contributed by atoms with E-state index in [2.05, 4.69) is 10.1 Å². The summed E-state index contributed by atoms with van der Waals surface area (Å²) in [6.07, 6.45) is -1.91. The Hall–Kier alpha value is -1.96. The monoisotopic (exact) mass is 299 g/mol. The fourth-order valence-corrected chi connectivity index (χ4v) is 2.67. The van der Waals surface area contributed by atoms with Crippen molar-refractivity contribution in [1.82, 2.24) is 5.32 Å². The van der Waals surface area contributed by atoms with E-state index in [-0.39, 0.29) is 25.0 Å². The minimum Gasteiger partial charge on any atom is -0.467 e. The zero-order chi connectivity index (χ0) is 15.6. The highest BCUT2D eigenvalue weighted by Gasteiger charge is 2.47. The van der Waals surface area contributed by atoms with Gasteiger partial charge in [0.2, 0.25) is 5.91 Å². The first-order valence-corrected chi connectivity index (χ1v) is 6.58. The van der Waals surface area contributed by atoms with Crippen molar-refractivity contribution in [2.24, 2.45) is 5.92 Å². The Balaban J connectivity index is 2.28. The highest BCUT2D eigenvalue weighted by molar-refractivity contribution is 5.94. The number of hydrogen-bond acceptors (Lipinski definition) is 7. The van der Waals surface area contributed by atoms with Crippen molar-refractivity contribution >= 4 is 23.6 Å². The second kappa shape index (κ2) is 6.21. The van der Waals surface area contributed by atoms with Crippen LogP contribution in [-0.2, 0) is 33.4 Å². The average Bonchev–Trinajstić information content (AvgIpc) is 2.85. The first-order valence-electron chi connectivity index (χ1n) is 6.58. The Kier molecular flexibility index (Phi) is 4.56. The first-order chi connectivity index (χ1) is 9.96. The normalized spacial score (nSPS) is 33.1. The Morgan fingerprint density at radius 2 is 1.90 bits per heavy atom. The molecule has 4 atom stereocenters. The summed E-state index contributed by atoms with van der Waals surface area (Å²) in [6.45, 7) is 0. The van der Waals surface area contributed by atoms with Crippen LogP contribution in [0.25, 0.3) is 0 Å². The molecule has 2 fully saturated rings. The maximum absolute atomic E-state index is 12.3. The van der Waals surface area contributed by atoms with Crippen LogP contribution in [0.3, 0.4) is 0 Å². The van der Waals surface area contributed by atoms with Gasteiger partial charge in [-0.15, -0.1) is 0 Å². The van der Waals surface area contributed by atoms with Crippen LogP contribution in [0.15, 0.2) is 0 Å². The molecule has 1 amide bonds. The molecule has 0 aromatic rings. The molecule has 116 valence electrons. The van der Waals surface area contributed by atoms with Crippen LogP contribution in [0.4, 0.5) is 0 Å². The lowest BCUT2D eigenvalue weighted by molar-refractivity contribution is -0.149. The second-order valence-corrected chi connectivity index (χ2v) is 5.06. The molecule has 2 rings (SSSR count). The highest BCUT2D eigenvalue weighted by atomic mass is 16.6. The molecule has 8 nitrogen and oxygen atoms in total. The molecule has 2 heterocycles. The Labute approximate surface area is 121 Å². The molecule has 0 aliphatic carbocycles. The molecule has 1 N–H and O–H groups in total. The molecular formula is C13H17NO7. The smallest absolute Gasteiger partial charge is 0.328 e. The van der Waals surface area contributed by atoms with Crippen LogP contribution in [0, 0.1) is 5.92 Å². The number of methoxy groups -OCH3 is 2. The van der Waals surface area contributed by atoms with Crippen LogP contribution in [-0.4, -0.2) is 56.1 Å². The number of Topliss-reactive ketones (excluding diaryl/α,β-unsaturated/α-hetero) is 1. The number of hydrogen-bond donors (Lipinski definition) is 1. The third-order valence-corrected chi connectivity index (χ3v) is 3.75. The van der Waals surface area contributed by atoms with Crippen molar-refractivity contribution in [1.29, 1.82) is 0 Å². The fraction of sp³-hybridized carbons (Fsp3) is 0.692. The maximum Gasteiger partial charge on any atom is 0.328 e. The first kappa shape index (κ1) is 15.4. The SMILES string of the molecule is COC(=O)[C@@H]1CC(=O)[C@@H]2CC(=O)O[C@@H]2[C@H](OC)CC(=O)N1. The van der Waals surface area contributed by atoms with Crippen molar-refractivity contribution in [3.8, 4) is 0 Å². The zero-order valence-corrected chi connectivity index (χ0v) is 11.8. The van der Waals surface area contributed by atoms with Crippen LogP contribution in [0.2, 0.25) is 0 Å². The van der Waals surface area contributed by atoms with Gasteiger partial charge in [-0.25, -0.2) is 4.79 Å². The van der Waals surface area contributed by atoms with E-state index < -0.39 is 42.0 Å². The second-order valence-electron chi connectivity index (χ2n) is 5.06. The zero-order valence-electron chi connectivity index (χ0n) is 11.8. The molecule has 0 unspecified atom stereocenters. The van der Waals surface area contributed by atoms with Gasteiger partial charge in [0.05, 0.1) is 25.9 Å². The average molecular weight is 299 g/mol. The van der Waals surface area contributed by atoms with E-state index in [1.54, 1.807) is 0 Å². The minimum atomic E-state index is -1.05. The molecule has 2 aliphatic rings. The predicted molar refractivity (Wildman–Crippen MR) is 67.0 cm³/mol. The summed E-state index contributed by atoms with van der Waals surface area (Å²) in [7, 11) is 2.55. The summed E-state index contributed by atoms with van der Waals surface area (Å²) in [5.74, 6) is -2.70. The number of carbonyl (C=O) groups is 4. The lowest BCUT2D eigenvalue weighted by atomic mass is 9.89. The van der Waals surface area contributed by atoms with Gasteiger partial charge in [-0.05, 0) is 0 Å². The van der Waals surface area contributed by atoms with Crippen molar-refractivity contribution in [3.05, 3.63) is 0 Å². The minimum absolute atomic E-state index is 0.0640. The van der Waals surface area contributed by atoms with Gasteiger partial charge in [-0.2, -0.15) is 0 Å². The standard InChI is InChI=1S/C13H17NO7/c1-19-9-5-10(16)14-7(13(18)20-2)4-8(15)6-3-11(17)21-12(6)9/h6-7,9,12H,3-5H2,1-2H3,(H,14,16)/t6-,7-,9+,12-/m0/s1. The van der Waals surface area contributed by atoms with Gasteiger partial charge in [-0.3, -0.25) is 14.4 Å². The van der Waals surface area contributed by atoms with Gasteiger partial charge in [-0.1, -0.05) is 0 Å². The van der Waals surface area contributed by atoms with E-state index >= 15 is 0 Å². The van der Waals surface area contributed by atoms with E-state index in [1.807, 2.05) is 0 Å². The van der Waals surface area contributed by atoms with Crippen molar-refractivity contribution in [2.75, 3.05) is 14.2 Å². The molecule has 0 aromatic heterocycles. The third-order valence-electron chi connectivity index (χ3n) is 3.75. The topological polar surface area (TPSA) is 108 Å². The molecule has 0 radical (unpaired) electrons. The third kappa shape index (κ3) is 3.21. The van der Waals surface area contributed by atoms with Gasteiger partial charge in [0.1, 0.15) is 24.0 Å². The number of esters is 2. The Morgan fingerprint density at radius 3 is 2.52 bits per heavy atom. The van der Waals surface area contributed by atoms with Crippen LogP contribution >= 0.6 is 0 Å². The van der Waals surface area contributed by atoms with Gasteiger partial charge in [0.15, 0.2) is 0 Å². The van der Waals surface area contributed by atoms with Gasteiger partial charge in [0.25, 0.3) is 0 Å². The summed E-state index contributed by atoms with van der Waals surface area (Å²) in [5, 5.41) is 2.45. The summed E-state index contributed by atoms with van der Waals surface area (Å²) in [6, 6.07) is -1.05. The number of nitrogens with one attached hydrogen (secondary N) is 1. The molecule has 0 saturated carbocycles. The van der Waals surface area contributed by atoms with E-state index in [0.29, 0.717) is 0 Å². The van der Waals surface area contributed by atoms with Gasteiger partial charge in [0, 0.05) is 13.5 Å². The number of fused-ring (bicyclic) bond motifs is 1. The number of ether oxygens (including phenoxy) is 3. The molecule has 0 aromatic carbocycles. The van der Waals surface area contributed by atoms with E-state index in [1.165, 1.54) is 14.2 Å². The molecule has 8 heteroatoms. The highest BCUT2D eigenvalue weighted by Crippen LogP contribution is 2.30. The number of carbonyl (C=O) groups excluding carboxylic acids is 4. The Bertz CT molecular complexity index is 475. The predicted octanol–water partition coefficient (Wildman–Crippen LogP) is -1.05. The lowest BCUT2D eigenvalue weighted by Crippen LogP contribution is -2.43. The van der Waals surface area contributed by atoms with Gasteiger partial charge >= 0.3 is 11.9 Å². The van der Waals surface area contributed by atoms with Gasteiger partial charge < -0.3 is 19.5 Å². The fourth-order valence-electron chi connectivity index (χ4n) is 2.67. The molecule has 0 bridgehead atoms. The molecule has 2 saturated heterocycles. The number of ketones is 1. The number of rotatable bonds is 2. The molecule has 21 heavy (non-hydrogen) atoms. The summed E-state index contributed by atoms with van der Waals surface area (Å²) < 4.78 is 14.9. The van der Waals surface area contributed by atoms with E-state index in [9.17, 15) is 19.2 Å². The van der Waals surface area contributed by atoms with Crippen LogP contribution < -0.4 is 5.32 Å². The van der Waals surface area contributed by atoms with E-state index in [4.69, 9.17) is 9.47 Å². The molecular weight excluding hydrogens is 282 g/mol. The molecule has 0 spiro atoms. The van der Waals surface area contributed by atoms with Crippen molar-refractivity contribution in [3.63, 3.8) is 0 Å². The van der Waals surface area contributed by atoms with Crippen molar-refractivity contribution in [2.45, 2.75) is 37.5 Å². The van der Waals surface area contributed by atoms with Crippen LogP contribution in [0.1, 0.15) is 19.3 Å². The quantitative estimate of drug-likeness (QED) is 0.648. The maximum atomic E-state index is 12.3.